The monoisotopic (exact) mass is 373 g/mol. The molecular formula is C23H27N5. The minimum Gasteiger partial charge on any atom is -0.372 e. The standard InChI is InChI=1S/C23H27N5/c1-3-18-6-8-19(9-7-18)25-22-16-17(2)24-23(27-22)26-20-10-12-21(13-11-20)28-14-4-5-15-28/h6-13,16H,3-5,14-15H2,1-2H3,(H2,24,25,26,27). The molecule has 144 valence electrons. The molecule has 5 heteroatoms. The van der Waals surface area contributed by atoms with E-state index in [4.69, 9.17) is 0 Å². The van der Waals surface area contributed by atoms with Crippen LogP contribution in [0.1, 0.15) is 31.0 Å². The maximum Gasteiger partial charge on any atom is 0.229 e. The molecule has 0 unspecified atom stereocenters. The number of aryl methyl sites for hydroxylation is 2. The fourth-order valence-corrected chi connectivity index (χ4v) is 3.52. The van der Waals surface area contributed by atoms with E-state index in [2.05, 4.69) is 81.0 Å². The van der Waals surface area contributed by atoms with Crippen molar-refractivity contribution in [2.45, 2.75) is 33.1 Å². The molecule has 1 fully saturated rings. The Labute approximate surface area is 166 Å². The summed E-state index contributed by atoms with van der Waals surface area (Å²) < 4.78 is 0. The topological polar surface area (TPSA) is 53.1 Å². The van der Waals surface area contributed by atoms with Gasteiger partial charge in [0.05, 0.1) is 0 Å². The Morgan fingerprint density at radius 3 is 2.18 bits per heavy atom. The molecule has 5 nitrogen and oxygen atoms in total. The maximum absolute atomic E-state index is 4.62. The van der Waals surface area contributed by atoms with Crippen LogP contribution in [-0.4, -0.2) is 23.1 Å². The Hall–Kier alpha value is -3.08. The van der Waals surface area contributed by atoms with Gasteiger partial charge in [-0.15, -0.1) is 0 Å². The van der Waals surface area contributed by atoms with Crippen molar-refractivity contribution in [3.63, 3.8) is 0 Å². The van der Waals surface area contributed by atoms with Crippen molar-refractivity contribution >= 4 is 28.8 Å². The summed E-state index contributed by atoms with van der Waals surface area (Å²) in [6.07, 6.45) is 3.61. The molecule has 28 heavy (non-hydrogen) atoms. The van der Waals surface area contributed by atoms with Crippen molar-refractivity contribution in [2.75, 3.05) is 28.6 Å². The molecule has 3 aromatic rings. The van der Waals surface area contributed by atoms with Gasteiger partial charge < -0.3 is 15.5 Å². The lowest BCUT2D eigenvalue weighted by Gasteiger charge is -2.18. The predicted octanol–water partition coefficient (Wildman–Crippen LogP) is 5.43. The lowest BCUT2D eigenvalue weighted by Crippen LogP contribution is -2.17. The van der Waals surface area contributed by atoms with Crippen LogP contribution in [0, 0.1) is 6.92 Å². The van der Waals surface area contributed by atoms with Crippen LogP contribution in [0.2, 0.25) is 0 Å². The van der Waals surface area contributed by atoms with E-state index >= 15 is 0 Å². The lowest BCUT2D eigenvalue weighted by atomic mass is 10.1. The molecule has 4 rings (SSSR count). The molecular weight excluding hydrogens is 346 g/mol. The first kappa shape index (κ1) is 18.3. The molecule has 1 aromatic heterocycles. The number of nitrogens with zero attached hydrogens (tertiary/aromatic N) is 3. The van der Waals surface area contributed by atoms with Gasteiger partial charge in [0, 0.05) is 41.9 Å². The second kappa shape index (κ2) is 8.30. The zero-order valence-corrected chi connectivity index (χ0v) is 16.6. The first-order chi connectivity index (χ1) is 13.7. The maximum atomic E-state index is 4.62. The van der Waals surface area contributed by atoms with Crippen molar-refractivity contribution in [2.24, 2.45) is 0 Å². The zero-order valence-electron chi connectivity index (χ0n) is 16.6. The minimum atomic E-state index is 0.599. The first-order valence-electron chi connectivity index (χ1n) is 10.0. The number of hydrogen-bond donors (Lipinski definition) is 2. The van der Waals surface area contributed by atoms with Crippen molar-refractivity contribution in [3.05, 3.63) is 65.9 Å². The minimum absolute atomic E-state index is 0.599. The summed E-state index contributed by atoms with van der Waals surface area (Å²) in [6, 6.07) is 18.9. The molecule has 2 heterocycles. The Morgan fingerprint density at radius 1 is 0.857 bits per heavy atom. The fourth-order valence-electron chi connectivity index (χ4n) is 3.52. The van der Waals surface area contributed by atoms with Crippen LogP contribution in [-0.2, 0) is 6.42 Å². The number of rotatable bonds is 6. The van der Waals surface area contributed by atoms with Gasteiger partial charge in [-0.25, -0.2) is 4.98 Å². The molecule has 0 aliphatic carbocycles. The predicted molar refractivity (Wildman–Crippen MR) is 117 cm³/mol. The fraction of sp³-hybridized carbons (Fsp3) is 0.304. The molecule has 2 N–H and O–H groups in total. The van der Waals surface area contributed by atoms with Gasteiger partial charge in [0.1, 0.15) is 5.82 Å². The van der Waals surface area contributed by atoms with Crippen LogP contribution in [0.5, 0.6) is 0 Å². The third-order valence-electron chi connectivity index (χ3n) is 5.08. The van der Waals surface area contributed by atoms with Gasteiger partial charge in [0.25, 0.3) is 0 Å². The summed E-state index contributed by atoms with van der Waals surface area (Å²) in [7, 11) is 0. The Morgan fingerprint density at radius 2 is 1.50 bits per heavy atom. The molecule has 0 amide bonds. The zero-order chi connectivity index (χ0) is 19.3. The largest absolute Gasteiger partial charge is 0.372 e. The number of hydrogen-bond acceptors (Lipinski definition) is 5. The van der Waals surface area contributed by atoms with E-state index in [1.54, 1.807) is 0 Å². The highest BCUT2D eigenvalue weighted by molar-refractivity contribution is 5.62. The van der Waals surface area contributed by atoms with E-state index in [-0.39, 0.29) is 0 Å². The SMILES string of the molecule is CCc1ccc(Nc2cc(C)nc(Nc3ccc(N4CCCC4)cc3)n2)cc1. The van der Waals surface area contributed by atoms with Crippen molar-refractivity contribution in [1.82, 2.24) is 9.97 Å². The number of anilines is 5. The van der Waals surface area contributed by atoms with Crippen LogP contribution in [0.15, 0.2) is 54.6 Å². The summed E-state index contributed by atoms with van der Waals surface area (Å²) in [5, 5.41) is 6.70. The summed E-state index contributed by atoms with van der Waals surface area (Å²) >= 11 is 0. The van der Waals surface area contributed by atoms with Crippen LogP contribution in [0.3, 0.4) is 0 Å². The number of nitrogens with one attached hydrogen (secondary N) is 2. The molecule has 2 aromatic carbocycles. The van der Waals surface area contributed by atoms with E-state index < -0.39 is 0 Å². The average molecular weight is 374 g/mol. The lowest BCUT2D eigenvalue weighted by molar-refractivity contribution is 0.949. The summed E-state index contributed by atoms with van der Waals surface area (Å²) in [4.78, 5) is 11.6. The van der Waals surface area contributed by atoms with E-state index in [0.717, 1.165) is 42.4 Å². The second-order valence-corrected chi connectivity index (χ2v) is 7.26. The van der Waals surface area contributed by atoms with E-state index in [0.29, 0.717) is 5.95 Å². The van der Waals surface area contributed by atoms with Crippen molar-refractivity contribution < 1.29 is 0 Å². The van der Waals surface area contributed by atoms with Crippen LogP contribution < -0.4 is 15.5 Å². The van der Waals surface area contributed by atoms with E-state index in [1.165, 1.54) is 24.1 Å². The highest BCUT2D eigenvalue weighted by Gasteiger charge is 2.12. The quantitative estimate of drug-likeness (QED) is 0.603. The molecule has 1 aliphatic rings. The van der Waals surface area contributed by atoms with Gasteiger partial charge in [-0.1, -0.05) is 19.1 Å². The molecule has 0 radical (unpaired) electrons. The molecule has 0 spiro atoms. The van der Waals surface area contributed by atoms with Gasteiger partial charge in [0.2, 0.25) is 5.95 Å². The smallest absolute Gasteiger partial charge is 0.229 e. The number of benzene rings is 2. The molecule has 1 saturated heterocycles. The second-order valence-electron chi connectivity index (χ2n) is 7.26. The summed E-state index contributed by atoms with van der Waals surface area (Å²) in [5.41, 5.74) is 5.54. The van der Waals surface area contributed by atoms with Gasteiger partial charge in [-0.3, -0.25) is 0 Å². The molecule has 0 bridgehead atoms. The Balaban J connectivity index is 1.47. The summed E-state index contributed by atoms with van der Waals surface area (Å²) in [6.45, 7) is 6.45. The van der Waals surface area contributed by atoms with Crippen molar-refractivity contribution in [1.29, 1.82) is 0 Å². The molecule has 1 aliphatic heterocycles. The molecule has 0 saturated carbocycles. The van der Waals surface area contributed by atoms with Crippen LogP contribution >= 0.6 is 0 Å². The van der Waals surface area contributed by atoms with Gasteiger partial charge in [-0.2, -0.15) is 4.98 Å². The summed E-state index contributed by atoms with van der Waals surface area (Å²) in [5.74, 6) is 1.38. The Kier molecular flexibility index (Phi) is 5.42. The van der Waals surface area contributed by atoms with E-state index in [9.17, 15) is 0 Å². The highest BCUT2D eigenvalue weighted by atomic mass is 15.2. The van der Waals surface area contributed by atoms with Gasteiger partial charge >= 0.3 is 0 Å². The molecule has 0 atom stereocenters. The highest BCUT2D eigenvalue weighted by Crippen LogP contribution is 2.24. The van der Waals surface area contributed by atoms with Crippen molar-refractivity contribution in [3.8, 4) is 0 Å². The van der Waals surface area contributed by atoms with Crippen LogP contribution in [0.4, 0.5) is 28.8 Å². The third kappa shape index (κ3) is 4.42. The van der Waals surface area contributed by atoms with Gasteiger partial charge in [-0.05, 0) is 68.1 Å². The Bertz CT molecular complexity index is 913. The van der Waals surface area contributed by atoms with Crippen LogP contribution in [0.25, 0.3) is 0 Å². The average Bonchev–Trinajstić information content (AvgIpc) is 3.23. The first-order valence-corrected chi connectivity index (χ1v) is 10.0. The van der Waals surface area contributed by atoms with Gasteiger partial charge in [0.15, 0.2) is 0 Å². The third-order valence-corrected chi connectivity index (χ3v) is 5.08. The normalized spacial score (nSPS) is 13.6. The van der Waals surface area contributed by atoms with E-state index in [1.807, 2.05) is 13.0 Å². The number of aromatic nitrogens is 2.